The van der Waals surface area contributed by atoms with Crippen LogP contribution in [0.4, 0.5) is 11.6 Å². The van der Waals surface area contributed by atoms with Crippen molar-refractivity contribution in [3.63, 3.8) is 0 Å². The van der Waals surface area contributed by atoms with Crippen LogP contribution in [0.25, 0.3) is 0 Å². The first-order valence-corrected chi connectivity index (χ1v) is 5.83. The van der Waals surface area contributed by atoms with Gasteiger partial charge in [-0.2, -0.15) is 0 Å². The number of hydrogen-bond acceptors (Lipinski definition) is 6. The SMILES string of the molecule is O=C(Nc1nccc(Cl)n1)c1cc(Cl)ncc1[N+](=O)[O-]. The van der Waals surface area contributed by atoms with Crippen LogP contribution >= 0.6 is 23.2 Å². The number of carbonyl (C=O) groups excluding carboxylic acids is 1. The summed E-state index contributed by atoms with van der Waals surface area (Å²) in [6.07, 6.45) is 2.23. The van der Waals surface area contributed by atoms with Crippen molar-refractivity contribution in [3.05, 3.63) is 50.5 Å². The van der Waals surface area contributed by atoms with Crippen molar-refractivity contribution in [2.75, 3.05) is 5.32 Å². The highest BCUT2D eigenvalue weighted by Crippen LogP contribution is 2.21. The molecular weight excluding hydrogens is 309 g/mol. The molecule has 0 saturated heterocycles. The summed E-state index contributed by atoms with van der Waals surface area (Å²) in [6.45, 7) is 0. The highest BCUT2D eigenvalue weighted by atomic mass is 35.5. The molecule has 0 fully saturated rings. The number of halogens is 2. The first kappa shape index (κ1) is 14.1. The van der Waals surface area contributed by atoms with E-state index in [2.05, 4.69) is 20.3 Å². The highest BCUT2D eigenvalue weighted by molar-refractivity contribution is 6.30. The molecule has 1 N–H and O–H groups in total. The van der Waals surface area contributed by atoms with E-state index in [1.807, 2.05) is 0 Å². The molecule has 2 rings (SSSR count). The van der Waals surface area contributed by atoms with E-state index in [1.54, 1.807) is 0 Å². The Balaban J connectivity index is 2.34. The first-order chi connectivity index (χ1) is 9.47. The van der Waals surface area contributed by atoms with Gasteiger partial charge in [0.05, 0.1) is 4.92 Å². The van der Waals surface area contributed by atoms with E-state index in [0.717, 1.165) is 12.3 Å². The molecule has 10 heteroatoms. The molecule has 0 saturated carbocycles. The van der Waals surface area contributed by atoms with Crippen molar-refractivity contribution in [2.45, 2.75) is 0 Å². The van der Waals surface area contributed by atoms with Gasteiger partial charge >= 0.3 is 0 Å². The Morgan fingerprint density at radius 2 is 2.05 bits per heavy atom. The van der Waals surface area contributed by atoms with Gasteiger partial charge in [-0.1, -0.05) is 23.2 Å². The lowest BCUT2D eigenvalue weighted by molar-refractivity contribution is -0.385. The predicted octanol–water partition coefficient (Wildman–Crippen LogP) is 2.34. The van der Waals surface area contributed by atoms with Gasteiger partial charge in [-0.25, -0.2) is 15.0 Å². The minimum Gasteiger partial charge on any atom is -0.290 e. The van der Waals surface area contributed by atoms with Crippen molar-refractivity contribution in [1.82, 2.24) is 15.0 Å². The molecule has 0 aliphatic carbocycles. The van der Waals surface area contributed by atoms with Gasteiger partial charge in [0.15, 0.2) is 0 Å². The van der Waals surface area contributed by atoms with Gasteiger partial charge in [-0.05, 0) is 12.1 Å². The zero-order valence-corrected chi connectivity index (χ0v) is 11.1. The number of carbonyl (C=O) groups is 1. The number of nitrogens with zero attached hydrogens (tertiary/aromatic N) is 4. The number of anilines is 1. The molecule has 102 valence electrons. The lowest BCUT2D eigenvalue weighted by Gasteiger charge is -2.04. The maximum absolute atomic E-state index is 12.0. The van der Waals surface area contributed by atoms with E-state index < -0.39 is 16.5 Å². The third kappa shape index (κ3) is 3.16. The molecule has 0 bridgehead atoms. The van der Waals surface area contributed by atoms with E-state index in [9.17, 15) is 14.9 Å². The van der Waals surface area contributed by atoms with Gasteiger partial charge in [-0.3, -0.25) is 20.2 Å². The summed E-state index contributed by atoms with van der Waals surface area (Å²) in [5.74, 6) is -0.868. The van der Waals surface area contributed by atoms with Gasteiger partial charge in [0.25, 0.3) is 11.6 Å². The summed E-state index contributed by atoms with van der Waals surface area (Å²) in [5.41, 5.74) is -0.729. The Hall–Kier alpha value is -2.32. The van der Waals surface area contributed by atoms with Gasteiger partial charge < -0.3 is 0 Å². The van der Waals surface area contributed by atoms with Crippen LogP contribution in [0, 0.1) is 10.1 Å². The van der Waals surface area contributed by atoms with E-state index in [1.165, 1.54) is 12.3 Å². The molecule has 2 heterocycles. The second-order valence-corrected chi connectivity index (χ2v) is 4.21. The van der Waals surface area contributed by atoms with E-state index >= 15 is 0 Å². The molecule has 0 aromatic carbocycles. The highest BCUT2D eigenvalue weighted by Gasteiger charge is 2.22. The van der Waals surface area contributed by atoms with Crippen molar-refractivity contribution >= 4 is 40.7 Å². The van der Waals surface area contributed by atoms with Crippen molar-refractivity contribution < 1.29 is 9.72 Å². The maximum atomic E-state index is 12.0. The largest absolute Gasteiger partial charge is 0.300 e. The van der Waals surface area contributed by atoms with Crippen LogP contribution < -0.4 is 5.32 Å². The summed E-state index contributed by atoms with van der Waals surface area (Å²) < 4.78 is 0. The first-order valence-electron chi connectivity index (χ1n) is 5.07. The number of nitro groups is 1. The van der Waals surface area contributed by atoms with Gasteiger partial charge in [0.2, 0.25) is 5.95 Å². The average Bonchev–Trinajstić information content (AvgIpc) is 2.38. The summed E-state index contributed by atoms with van der Waals surface area (Å²) in [6, 6.07) is 2.50. The van der Waals surface area contributed by atoms with Crippen molar-refractivity contribution in [1.29, 1.82) is 0 Å². The van der Waals surface area contributed by atoms with Crippen LogP contribution in [-0.4, -0.2) is 25.8 Å². The van der Waals surface area contributed by atoms with Crippen LogP contribution in [0.3, 0.4) is 0 Å². The number of amides is 1. The van der Waals surface area contributed by atoms with Crippen LogP contribution in [0.1, 0.15) is 10.4 Å². The molecule has 20 heavy (non-hydrogen) atoms. The zero-order chi connectivity index (χ0) is 14.7. The maximum Gasteiger partial charge on any atom is 0.300 e. The van der Waals surface area contributed by atoms with Gasteiger partial charge in [0, 0.05) is 6.20 Å². The Labute approximate surface area is 121 Å². The summed E-state index contributed by atoms with van der Waals surface area (Å²) in [5, 5.41) is 13.2. The zero-order valence-electron chi connectivity index (χ0n) is 9.58. The van der Waals surface area contributed by atoms with Gasteiger partial charge in [0.1, 0.15) is 22.1 Å². The Morgan fingerprint density at radius 1 is 1.30 bits per heavy atom. The number of hydrogen-bond donors (Lipinski definition) is 1. The standard InChI is InChI=1S/C10H5Cl2N5O3/c11-7-1-2-13-10(15-7)16-9(18)5-3-8(12)14-4-6(5)17(19)20/h1-4H,(H,13,15,16,18). The Kier molecular flexibility index (Phi) is 4.06. The fourth-order valence-electron chi connectivity index (χ4n) is 1.32. The lowest BCUT2D eigenvalue weighted by Crippen LogP contribution is -2.16. The molecule has 0 aliphatic heterocycles. The molecule has 2 aromatic rings. The molecule has 0 atom stereocenters. The Bertz CT molecular complexity index is 694. The van der Waals surface area contributed by atoms with Crippen LogP contribution in [-0.2, 0) is 0 Å². The minimum absolute atomic E-state index is 0.0484. The van der Waals surface area contributed by atoms with E-state index in [4.69, 9.17) is 23.2 Å². The molecule has 0 spiro atoms. The quantitative estimate of drug-likeness (QED) is 0.403. The molecule has 1 amide bonds. The second kappa shape index (κ2) is 5.76. The third-order valence-electron chi connectivity index (χ3n) is 2.14. The monoisotopic (exact) mass is 313 g/mol. The van der Waals surface area contributed by atoms with Crippen molar-refractivity contribution in [3.8, 4) is 0 Å². The number of rotatable bonds is 3. The average molecular weight is 314 g/mol. The van der Waals surface area contributed by atoms with Crippen LogP contribution in [0.2, 0.25) is 10.3 Å². The summed E-state index contributed by atoms with van der Waals surface area (Å²) in [7, 11) is 0. The predicted molar refractivity (Wildman–Crippen MR) is 70.9 cm³/mol. The number of aromatic nitrogens is 3. The fourth-order valence-corrected chi connectivity index (χ4v) is 1.61. The molecular formula is C10H5Cl2N5O3. The Morgan fingerprint density at radius 3 is 2.70 bits per heavy atom. The van der Waals surface area contributed by atoms with Crippen LogP contribution in [0.15, 0.2) is 24.5 Å². The minimum atomic E-state index is -0.789. The van der Waals surface area contributed by atoms with E-state index in [-0.39, 0.29) is 21.8 Å². The van der Waals surface area contributed by atoms with Gasteiger partial charge in [-0.15, -0.1) is 0 Å². The third-order valence-corrected chi connectivity index (χ3v) is 2.56. The molecule has 0 radical (unpaired) electrons. The smallest absolute Gasteiger partial charge is 0.290 e. The van der Waals surface area contributed by atoms with Crippen LogP contribution in [0.5, 0.6) is 0 Å². The second-order valence-electron chi connectivity index (χ2n) is 3.44. The summed E-state index contributed by atoms with van der Waals surface area (Å²) >= 11 is 11.3. The molecule has 0 aliphatic rings. The number of pyridine rings is 1. The molecule has 8 nitrogen and oxygen atoms in total. The summed E-state index contributed by atoms with van der Waals surface area (Å²) in [4.78, 5) is 33.1. The fraction of sp³-hybridized carbons (Fsp3) is 0. The van der Waals surface area contributed by atoms with E-state index in [0.29, 0.717) is 0 Å². The molecule has 0 unspecified atom stereocenters. The normalized spacial score (nSPS) is 10.1. The lowest BCUT2D eigenvalue weighted by atomic mass is 10.2. The topological polar surface area (TPSA) is 111 Å². The molecule has 2 aromatic heterocycles. The van der Waals surface area contributed by atoms with Crippen molar-refractivity contribution in [2.24, 2.45) is 0 Å². The number of nitrogens with one attached hydrogen (secondary N) is 1.